The van der Waals surface area contributed by atoms with Crippen LogP contribution in [0.1, 0.15) is 27.9 Å². The van der Waals surface area contributed by atoms with Gasteiger partial charge in [-0.1, -0.05) is 42.0 Å². The molecule has 30 heavy (non-hydrogen) atoms. The first-order valence-electron chi connectivity index (χ1n) is 9.82. The molecular weight excluding hydrogens is 382 g/mol. The molecule has 1 fully saturated rings. The molecule has 0 radical (unpaired) electrons. The molecule has 0 aliphatic carbocycles. The monoisotopic (exact) mass is 405 g/mol. The highest BCUT2D eigenvalue weighted by Gasteiger charge is 2.39. The zero-order chi connectivity index (χ0) is 21.1. The topological polar surface area (TPSA) is 95.7 Å². The van der Waals surface area contributed by atoms with Crippen molar-refractivity contribution >= 4 is 11.8 Å². The van der Waals surface area contributed by atoms with E-state index in [0.29, 0.717) is 17.9 Å². The number of hydrogen-bond acceptors (Lipinski definition) is 5. The van der Waals surface area contributed by atoms with E-state index < -0.39 is 12.1 Å². The normalized spacial score (nSPS) is 18.4. The molecule has 0 unspecified atom stereocenters. The number of benzene rings is 2. The van der Waals surface area contributed by atoms with Gasteiger partial charge in [-0.25, -0.2) is 4.98 Å². The number of nitrogens with one attached hydrogen (secondary N) is 1. The number of rotatable bonds is 5. The van der Waals surface area contributed by atoms with Crippen LogP contribution in [0.5, 0.6) is 0 Å². The highest BCUT2D eigenvalue weighted by Crippen LogP contribution is 2.22. The molecule has 3 aromatic rings. The molecule has 1 aromatic heterocycles. The second-order valence-corrected chi connectivity index (χ2v) is 7.51. The molecule has 7 heteroatoms. The Balaban J connectivity index is 1.41. The number of likely N-dealkylation sites (tertiary alicyclic amines) is 1. The fourth-order valence-corrected chi connectivity index (χ4v) is 3.68. The number of aliphatic hydroxyl groups is 1. The average molecular weight is 405 g/mol. The summed E-state index contributed by atoms with van der Waals surface area (Å²) in [6.45, 7) is 2.39. The van der Waals surface area contributed by atoms with Crippen LogP contribution in [0.25, 0.3) is 11.3 Å². The van der Waals surface area contributed by atoms with Crippen molar-refractivity contribution in [2.75, 3.05) is 6.54 Å². The molecule has 0 bridgehead atoms. The molecule has 0 saturated carbocycles. The third-order valence-corrected chi connectivity index (χ3v) is 5.25. The molecule has 2 aromatic carbocycles. The van der Waals surface area contributed by atoms with E-state index >= 15 is 0 Å². The lowest BCUT2D eigenvalue weighted by atomic mass is 10.1. The Morgan fingerprint density at radius 1 is 1.23 bits per heavy atom. The van der Waals surface area contributed by atoms with E-state index in [0.717, 1.165) is 16.7 Å². The molecule has 1 aliphatic heterocycles. The summed E-state index contributed by atoms with van der Waals surface area (Å²) in [6.07, 6.45) is 2.54. The van der Waals surface area contributed by atoms with Crippen molar-refractivity contribution in [3.63, 3.8) is 0 Å². The second-order valence-electron chi connectivity index (χ2n) is 7.51. The van der Waals surface area contributed by atoms with Gasteiger partial charge in [-0.2, -0.15) is 0 Å². The number of oxazole rings is 1. The maximum absolute atomic E-state index is 12.9. The predicted molar refractivity (Wildman–Crippen MR) is 110 cm³/mol. The predicted octanol–water partition coefficient (Wildman–Crippen LogP) is 2.54. The summed E-state index contributed by atoms with van der Waals surface area (Å²) in [5.41, 5.74) is 3.30. The molecule has 0 spiro atoms. The lowest BCUT2D eigenvalue weighted by Gasteiger charge is -2.24. The summed E-state index contributed by atoms with van der Waals surface area (Å²) in [5.74, 6) is 0.162. The van der Waals surface area contributed by atoms with Crippen molar-refractivity contribution in [1.82, 2.24) is 15.2 Å². The number of aryl methyl sites for hydroxylation is 1. The van der Waals surface area contributed by atoms with Crippen molar-refractivity contribution in [2.24, 2.45) is 0 Å². The first-order chi connectivity index (χ1) is 14.5. The fourth-order valence-electron chi connectivity index (χ4n) is 3.68. The minimum absolute atomic E-state index is 0.150. The number of hydrogen-bond donors (Lipinski definition) is 2. The van der Waals surface area contributed by atoms with Crippen LogP contribution in [-0.4, -0.2) is 45.5 Å². The van der Waals surface area contributed by atoms with Crippen molar-refractivity contribution < 1.29 is 19.1 Å². The lowest BCUT2D eigenvalue weighted by Crippen LogP contribution is -2.45. The van der Waals surface area contributed by atoms with Gasteiger partial charge < -0.3 is 19.7 Å². The molecule has 7 nitrogen and oxygen atoms in total. The highest BCUT2D eigenvalue weighted by atomic mass is 16.3. The number of β-amino-alcohol motifs (C(OH)–C–C–N with tert-alkyl or cyclic N) is 1. The summed E-state index contributed by atoms with van der Waals surface area (Å²) in [5, 5.41) is 13.0. The van der Waals surface area contributed by atoms with Gasteiger partial charge in [0.25, 0.3) is 5.91 Å². The summed E-state index contributed by atoms with van der Waals surface area (Å²) in [4.78, 5) is 31.1. The number of carbonyl (C=O) groups is 2. The Morgan fingerprint density at radius 3 is 2.73 bits per heavy atom. The molecule has 154 valence electrons. The Morgan fingerprint density at radius 2 is 2.03 bits per heavy atom. The summed E-state index contributed by atoms with van der Waals surface area (Å²) >= 11 is 0. The summed E-state index contributed by atoms with van der Waals surface area (Å²) in [6, 6.07) is 14.1. The van der Waals surface area contributed by atoms with Gasteiger partial charge in [0, 0.05) is 30.6 Å². The van der Waals surface area contributed by atoms with Crippen molar-refractivity contribution in [1.29, 1.82) is 0 Å². The van der Waals surface area contributed by atoms with Gasteiger partial charge >= 0.3 is 0 Å². The van der Waals surface area contributed by atoms with Gasteiger partial charge in [0.15, 0.2) is 12.2 Å². The van der Waals surface area contributed by atoms with Crippen LogP contribution in [0, 0.1) is 6.92 Å². The summed E-state index contributed by atoms with van der Waals surface area (Å²) in [7, 11) is 0. The zero-order valence-corrected chi connectivity index (χ0v) is 16.6. The lowest BCUT2D eigenvalue weighted by molar-refractivity contribution is -0.125. The van der Waals surface area contributed by atoms with Crippen LogP contribution in [0.4, 0.5) is 0 Å². The Hall–Kier alpha value is -3.45. The SMILES string of the molecule is Cc1cccc(C(=O)N2C[C@H](O)C[C@H]2C(=O)NCc2ccc(-c3cnco3)cc2)c1. The number of nitrogens with zero attached hydrogens (tertiary/aromatic N) is 2. The molecular formula is C23H23N3O4. The molecule has 2 atom stereocenters. The van der Waals surface area contributed by atoms with Crippen LogP contribution in [0.15, 0.2) is 65.5 Å². The van der Waals surface area contributed by atoms with Crippen LogP contribution in [0.3, 0.4) is 0 Å². The fraction of sp³-hybridized carbons (Fsp3) is 0.261. The average Bonchev–Trinajstić information content (AvgIpc) is 3.42. The Kier molecular flexibility index (Phi) is 5.63. The number of aliphatic hydroxyl groups excluding tert-OH is 1. The number of carbonyl (C=O) groups excluding carboxylic acids is 2. The number of amides is 2. The van der Waals surface area contributed by atoms with Crippen LogP contribution >= 0.6 is 0 Å². The maximum Gasteiger partial charge on any atom is 0.254 e. The zero-order valence-electron chi connectivity index (χ0n) is 16.6. The summed E-state index contributed by atoms with van der Waals surface area (Å²) < 4.78 is 5.27. The minimum atomic E-state index is -0.712. The third-order valence-electron chi connectivity index (χ3n) is 5.25. The second kappa shape index (κ2) is 8.51. The first kappa shape index (κ1) is 19.8. The minimum Gasteiger partial charge on any atom is -0.444 e. The van der Waals surface area contributed by atoms with E-state index in [9.17, 15) is 14.7 Å². The van der Waals surface area contributed by atoms with Gasteiger partial charge in [-0.3, -0.25) is 9.59 Å². The first-order valence-corrected chi connectivity index (χ1v) is 9.82. The van der Waals surface area contributed by atoms with Gasteiger partial charge in [-0.15, -0.1) is 0 Å². The van der Waals surface area contributed by atoms with Gasteiger partial charge in [-0.05, 0) is 24.6 Å². The Bertz CT molecular complexity index is 1030. The quantitative estimate of drug-likeness (QED) is 0.680. The molecule has 2 N–H and O–H groups in total. The van der Waals surface area contributed by atoms with E-state index in [4.69, 9.17) is 4.42 Å². The maximum atomic E-state index is 12.9. The largest absolute Gasteiger partial charge is 0.444 e. The third kappa shape index (κ3) is 4.26. The molecule has 1 saturated heterocycles. The van der Waals surface area contributed by atoms with Crippen LogP contribution in [0.2, 0.25) is 0 Å². The molecule has 2 heterocycles. The van der Waals surface area contributed by atoms with E-state index in [1.165, 1.54) is 11.3 Å². The van der Waals surface area contributed by atoms with Crippen molar-refractivity contribution in [3.8, 4) is 11.3 Å². The molecule has 1 aliphatic rings. The smallest absolute Gasteiger partial charge is 0.254 e. The van der Waals surface area contributed by atoms with Gasteiger partial charge in [0.1, 0.15) is 6.04 Å². The van der Waals surface area contributed by atoms with Gasteiger partial charge in [0.2, 0.25) is 5.91 Å². The van der Waals surface area contributed by atoms with E-state index in [1.807, 2.05) is 43.3 Å². The number of aromatic nitrogens is 1. The standard InChI is InChI=1S/C23H23N3O4/c1-15-3-2-4-18(9-15)23(29)26-13-19(27)10-20(26)22(28)25-11-16-5-7-17(8-6-16)21-12-24-14-30-21/h2-9,12,14,19-20,27H,10-11,13H2,1H3,(H,25,28)/t19-,20+/m1/s1. The Labute approximate surface area is 174 Å². The van der Waals surface area contributed by atoms with E-state index in [2.05, 4.69) is 10.3 Å². The molecule has 2 amide bonds. The van der Waals surface area contributed by atoms with E-state index in [1.54, 1.807) is 18.3 Å². The van der Waals surface area contributed by atoms with Crippen LogP contribution < -0.4 is 5.32 Å². The van der Waals surface area contributed by atoms with Gasteiger partial charge in [0.05, 0.1) is 12.3 Å². The van der Waals surface area contributed by atoms with E-state index in [-0.39, 0.29) is 24.8 Å². The van der Waals surface area contributed by atoms with Crippen molar-refractivity contribution in [3.05, 3.63) is 77.8 Å². The highest BCUT2D eigenvalue weighted by molar-refractivity contribution is 5.98. The van der Waals surface area contributed by atoms with Crippen molar-refractivity contribution in [2.45, 2.75) is 32.0 Å². The molecule has 4 rings (SSSR count). The van der Waals surface area contributed by atoms with Crippen LogP contribution in [-0.2, 0) is 11.3 Å².